The second kappa shape index (κ2) is 12.1. The molecule has 0 aromatic rings. The monoisotopic (exact) mass is 492 g/mol. The van der Waals surface area contributed by atoms with Gasteiger partial charge >= 0.3 is 0 Å². The SMILES string of the molecule is C[C@H](CCCO)C1CC[C@H]2C3CCC4C[C@H](OCCCN)CCC4(C)[C@H]3C[C@H](OCCCN)C12C. The summed E-state index contributed by atoms with van der Waals surface area (Å²) < 4.78 is 13.1. The van der Waals surface area contributed by atoms with Crippen LogP contribution in [0.15, 0.2) is 0 Å². The fourth-order valence-corrected chi connectivity index (χ4v) is 9.77. The van der Waals surface area contributed by atoms with Crippen molar-refractivity contribution in [3.63, 3.8) is 0 Å². The molecule has 0 bridgehead atoms. The van der Waals surface area contributed by atoms with Crippen LogP contribution in [0.1, 0.15) is 97.8 Å². The molecule has 4 fully saturated rings. The van der Waals surface area contributed by atoms with Crippen LogP contribution in [-0.4, -0.2) is 50.2 Å². The van der Waals surface area contributed by atoms with Crippen molar-refractivity contribution in [1.29, 1.82) is 0 Å². The fourth-order valence-electron chi connectivity index (χ4n) is 9.77. The Bertz CT molecular complexity index is 662. The smallest absolute Gasteiger partial charge is 0.0637 e. The minimum absolute atomic E-state index is 0.260. The van der Waals surface area contributed by atoms with E-state index in [1.165, 1.54) is 51.4 Å². The lowest BCUT2D eigenvalue weighted by atomic mass is 9.43. The zero-order chi connectivity index (χ0) is 25.1. The summed E-state index contributed by atoms with van der Waals surface area (Å²) >= 11 is 0. The fraction of sp³-hybridized carbons (Fsp3) is 1.00. The van der Waals surface area contributed by atoms with Gasteiger partial charge in [0.05, 0.1) is 12.2 Å². The van der Waals surface area contributed by atoms with Crippen molar-refractivity contribution in [2.45, 2.75) is 110 Å². The Morgan fingerprint density at radius 1 is 0.886 bits per heavy atom. The number of aliphatic hydroxyl groups is 1. The summed E-state index contributed by atoms with van der Waals surface area (Å²) in [6, 6.07) is 0. The molecule has 0 radical (unpaired) electrons. The van der Waals surface area contributed by atoms with Crippen molar-refractivity contribution in [1.82, 2.24) is 0 Å². The molecule has 204 valence electrons. The maximum Gasteiger partial charge on any atom is 0.0637 e. The van der Waals surface area contributed by atoms with E-state index in [4.69, 9.17) is 20.9 Å². The highest BCUT2D eigenvalue weighted by Crippen LogP contribution is 2.69. The lowest BCUT2D eigenvalue weighted by Gasteiger charge is -2.63. The molecule has 4 aliphatic rings. The van der Waals surface area contributed by atoms with Gasteiger partial charge in [-0.2, -0.15) is 0 Å². The highest BCUT2D eigenvalue weighted by atomic mass is 16.5. The molecule has 4 rings (SSSR count). The van der Waals surface area contributed by atoms with Crippen LogP contribution in [0.5, 0.6) is 0 Å². The quantitative estimate of drug-likeness (QED) is 0.329. The molecule has 5 unspecified atom stereocenters. The average Bonchev–Trinajstić information content (AvgIpc) is 3.21. The van der Waals surface area contributed by atoms with Crippen LogP contribution in [0.3, 0.4) is 0 Å². The van der Waals surface area contributed by atoms with Gasteiger partial charge in [0.15, 0.2) is 0 Å². The molecule has 0 heterocycles. The number of aliphatic hydroxyl groups excluding tert-OH is 1. The zero-order valence-corrected chi connectivity index (χ0v) is 23.1. The molecule has 5 N–H and O–H groups in total. The molecule has 10 atom stereocenters. The van der Waals surface area contributed by atoms with Crippen molar-refractivity contribution in [3.8, 4) is 0 Å². The number of hydrogen-bond donors (Lipinski definition) is 3. The van der Waals surface area contributed by atoms with Gasteiger partial charge in [0, 0.05) is 19.8 Å². The van der Waals surface area contributed by atoms with Gasteiger partial charge in [0.2, 0.25) is 0 Å². The molecule has 0 aromatic heterocycles. The molecule has 0 amide bonds. The Morgan fingerprint density at radius 3 is 2.34 bits per heavy atom. The molecule has 5 nitrogen and oxygen atoms in total. The average molecular weight is 493 g/mol. The standard InChI is InChI=1S/C30H56N2O3/c1-21(7-4-16-33)25-10-11-26-24-9-8-22-19-23(34-17-5-14-31)12-13-29(22,2)27(24)20-28(30(25,26)3)35-18-6-15-32/h21-28,33H,4-20,31-32H2,1-3H3/t21-,22?,23-,24?,25?,26+,27+,28+,29?,30?/m1/s1. The van der Waals surface area contributed by atoms with E-state index in [2.05, 4.69) is 20.8 Å². The normalized spacial score (nSPS) is 43.9. The molecule has 0 saturated heterocycles. The third-order valence-corrected chi connectivity index (χ3v) is 11.6. The van der Waals surface area contributed by atoms with Gasteiger partial charge in [-0.3, -0.25) is 0 Å². The molecule has 4 aliphatic carbocycles. The number of ether oxygens (including phenoxy) is 2. The highest BCUT2D eigenvalue weighted by molar-refractivity contribution is 5.13. The van der Waals surface area contributed by atoms with E-state index in [9.17, 15) is 5.11 Å². The predicted molar refractivity (Wildman–Crippen MR) is 143 cm³/mol. The summed E-state index contributed by atoms with van der Waals surface area (Å²) in [6.07, 6.45) is 15.3. The van der Waals surface area contributed by atoms with E-state index in [-0.39, 0.29) is 5.41 Å². The Morgan fingerprint density at radius 2 is 1.63 bits per heavy atom. The number of hydrogen-bond acceptors (Lipinski definition) is 5. The first-order valence-electron chi connectivity index (χ1n) is 15.1. The van der Waals surface area contributed by atoms with Gasteiger partial charge in [-0.1, -0.05) is 20.8 Å². The molecular weight excluding hydrogens is 436 g/mol. The van der Waals surface area contributed by atoms with Crippen molar-refractivity contribution in [3.05, 3.63) is 0 Å². The van der Waals surface area contributed by atoms with Gasteiger partial charge in [-0.25, -0.2) is 0 Å². The van der Waals surface area contributed by atoms with E-state index in [1.807, 2.05) is 0 Å². The summed E-state index contributed by atoms with van der Waals surface area (Å²) in [5, 5.41) is 9.47. The summed E-state index contributed by atoms with van der Waals surface area (Å²) in [5.41, 5.74) is 12.2. The third kappa shape index (κ3) is 5.37. The molecule has 35 heavy (non-hydrogen) atoms. The maximum atomic E-state index is 9.47. The second-order valence-corrected chi connectivity index (χ2v) is 13.2. The summed E-state index contributed by atoms with van der Waals surface area (Å²) in [5.74, 6) is 4.55. The Balaban J connectivity index is 1.53. The van der Waals surface area contributed by atoms with E-state index >= 15 is 0 Å². The molecule has 0 spiro atoms. The number of fused-ring (bicyclic) bond motifs is 5. The summed E-state index contributed by atoms with van der Waals surface area (Å²) in [4.78, 5) is 0. The van der Waals surface area contributed by atoms with E-state index in [0.717, 1.165) is 69.1 Å². The van der Waals surface area contributed by atoms with Crippen molar-refractivity contribution in [2.24, 2.45) is 57.8 Å². The van der Waals surface area contributed by atoms with Crippen molar-refractivity contribution >= 4 is 0 Å². The lowest BCUT2D eigenvalue weighted by molar-refractivity contribution is -0.192. The first-order chi connectivity index (χ1) is 16.9. The minimum atomic E-state index is 0.260. The van der Waals surface area contributed by atoms with Crippen LogP contribution < -0.4 is 11.5 Å². The van der Waals surface area contributed by atoms with Gasteiger partial charge in [-0.05, 0) is 136 Å². The molecule has 4 saturated carbocycles. The van der Waals surface area contributed by atoms with E-state index in [1.54, 1.807) is 0 Å². The van der Waals surface area contributed by atoms with E-state index in [0.29, 0.717) is 42.6 Å². The van der Waals surface area contributed by atoms with Crippen LogP contribution >= 0.6 is 0 Å². The zero-order valence-electron chi connectivity index (χ0n) is 23.1. The van der Waals surface area contributed by atoms with Gasteiger partial charge in [0.1, 0.15) is 0 Å². The van der Waals surface area contributed by atoms with Crippen molar-refractivity contribution in [2.75, 3.05) is 32.9 Å². The van der Waals surface area contributed by atoms with Crippen molar-refractivity contribution < 1.29 is 14.6 Å². The Labute approximate surface area is 215 Å². The van der Waals surface area contributed by atoms with Gasteiger partial charge < -0.3 is 26.0 Å². The highest BCUT2D eigenvalue weighted by Gasteiger charge is 2.64. The molecular formula is C30H56N2O3. The largest absolute Gasteiger partial charge is 0.396 e. The first kappa shape index (κ1) is 27.8. The molecule has 0 aliphatic heterocycles. The van der Waals surface area contributed by atoms with Crippen LogP contribution in [-0.2, 0) is 9.47 Å². The first-order valence-corrected chi connectivity index (χ1v) is 15.1. The number of rotatable bonds is 12. The van der Waals surface area contributed by atoms with Gasteiger partial charge in [0.25, 0.3) is 0 Å². The minimum Gasteiger partial charge on any atom is -0.396 e. The second-order valence-electron chi connectivity index (χ2n) is 13.2. The van der Waals surface area contributed by atoms with Crippen LogP contribution in [0.4, 0.5) is 0 Å². The molecule has 5 heteroatoms. The predicted octanol–water partition coefficient (Wildman–Crippen LogP) is 5.13. The van der Waals surface area contributed by atoms with E-state index < -0.39 is 0 Å². The Kier molecular flexibility index (Phi) is 9.63. The van der Waals surface area contributed by atoms with Crippen LogP contribution in [0, 0.1) is 46.3 Å². The van der Waals surface area contributed by atoms with Crippen LogP contribution in [0.2, 0.25) is 0 Å². The Hall–Kier alpha value is -0.200. The van der Waals surface area contributed by atoms with Gasteiger partial charge in [-0.15, -0.1) is 0 Å². The van der Waals surface area contributed by atoms with Crippen LogP contribution in [0.25, 0.3) is 0 Å². The molecule has 0 aromatic carbocycles. The maximum absolute atomic E-state index is 9.47. The topological polar surface area (TPSA) is 90.7 Å². The summed E-state index contributed by atoms with van der Waals surface area (Å²) in [7, 11) is 0. The summed E-state index contributed by atoms with van der Waals surface area (Å²) in [6.45, 7) is 11.1. The lowest BCUT2D eigenvalue weighted by Crippen LogP contribution is -2.59. The number of nitrogens with two attached hydrogens (primary N) is 2. The third-order valence-electron chi connectivity index (χ3n) is 11.6.